The number of anilines is 2. The molecule has 0 fully saturated rings. The van der Waals surface area contributed by atoms with Gasteiger partial charge in [-0.3, -0.25) is 14.7 Å². The lowest BCUT2D eigenvalue weighted by molar-refractivity contribution is -0.114. The molecule has 3 aromatic rings. The number of benzene rings is 2. The number of nitrogens with zero attached hydrogens (tertiary/aromatic N) is 1. The molecule has 1 heterocycles. The number of hydrogen-bond acceptors (Lipinski definition) is 3. The Morgan fingerprint density at radius 1 is 0.920 bits per heavy atom. The molecule has 25 heavy (non-hydrogen) atoms. The number of H-pyrrole nitrogens is 1. The van der Waals surface area contributed by atoms with E-state index in [0.717, 1.165) is 17.0 Å². The van der Waals surface area contributed by atoms with Crippen LogP contribution >= 0.6 is 0 Å². The lowest BCUT2D eigenvalue weighted by Crippen LogP contribution is -2.12. The van der Waals surface area contributed by atoms with E-state index in [1.807, 2.05) is 37.3 Å². The first-order valence-electron chi connectivity index (χ1n) is 7.83. The minimum atomic E-state index is -0.210. The molecule has 2 amide bonds. The molecule has 0 aliphatic rings. The van der Waals surface area contributed by atoms with Crippen LogP contribution in [-0.4, -0.2) is 22.0 Å². The molecule has 1 aromatic heterocycles. The second kappa shape index (κ2) is 7.00. The molecule has 0 spiro atoms. The second-order valence-electron chi connectivity index (χ2n) is 5.73. The monoisotopic (exact) mass is 334 g/mol. The zero-order chi connectivity index (χ0) is 17.8. The molecular formula is C19H18N4O2. The van der Waals surface area contributed by atoms with Crippen LogP contribution in [0.1, 0.15) is 23.0 Å². The van der Waals surface area contributed by atoms with Crippen molar-refractivity contribution >= 4 is 23.2 Å². The molecule has 0 aliphatic carbocycles. The van der Waals surface area contributed by atoms with Gasteiger partial charge in [0, 0.05) is 35.1 Å². The average Bonchev–Trinajstić information content (AvgIpc) is 3.02. The van der Waals surface area contributed by atoms with E-state index in [1.165, 1.54) is 6.92 Å². The fraction of sp³-hybridized carbons (Fsp3) is 0.105. The lowest BCUT2D eigenvalue weighted by atomic mass is 10.1. The molecular weight excluding hydrogens is 316 g/mol. The van der Waals surface area contributed by atoms with Gasteiger partial charge in [-0.25, -0.2) is 0 Å². The molecule has 0 aliphatic heterocycles. The molecule has 0 bridgehead atoms. The average molecular weight is 334 g/mol. The molecule has 0 atom stereocenters. The Hall–Kier alpha value is -3.41. The van der Waals surface area contributed by atoms with Crippen molar-refractivity contribution in [1.29, 1.82) is 0 Å². The zero-order valence-electron chi connectivity index (χ0n) is 14.0. The maximum Gasteiger partial charge on any atom is 0.255 e. The van der Waals surface area contributed by atoms with Crippen LogP contribution in [0.5, 0.6) is 0 Å². The van der Waals surface area contributed by atoms with E-state index in [0.29, 0.717) is 16.9 Å². The Morgan fingerprint density at radius 2 is 1.52 bits per heavy atom. The van der Waals surface area contributed by atoms with Crippen molar-refractivity contribution in [3.05, 3.63) is 65.9 Å². The van der Waals surface area contributed by atoms with Crippen LogP contribution in [0, 0.1) is 6.92 Å². The van der Waals surface area contributed by atoms with E-state index in [9.17, 15) is 9.59 Å². The Morgan fingerprint density at radius 3 is 2.08 bits per heavy atom. The summed E-state index contributed by atoms with van der Waals surface area (Å²) in [6.45, 7) is 3.39. The van der Waals surface area contributed by atoms with E-state index >= 15 is 0 Å². The number of aromatic nitrogens is 2. The van der Waals surface area contributed by atoms with Gasteiger partial charge >= 0.3 is 0 Å². The molecule has 2 aromatic carbocycles. The molecule has 0 saturated heterocycles. The van der Waals surface area contributed by atoms with Gasteiger partial charge in [0.1, 0.15) is 0 Å². The predicted octanol–water partition coefficient (Wildman–Crippen LogP) is 3.60. The van der Waals surface area contributed by atoms with E-state index < -0.39 is 0 Å². The third-order valence-corrected chi connectivity index (χ3v) is 3.61. The fourth-order valence-electron chi connectivity index (χ4n) is 2.40. The predicted molar refractivity (Wildman–Crippen MR) is 97.5 cm³/mol. The molecule has 3 N–H and O–H groups in total. The molecule has 0 saturated carbocycles. The zero-order valence-corrected chi connectivity index (χ0v) is 14.0. The van der Waals surface area contributed by atoms with Crippen molar-refractivity contribution in [2.45, 2.75) is 13.8 Å². The van der Waals surface area contributed by atoms with E-state index in [4.69, 9.17) is 0 Å². The summed E-state index contributed by atoms with van der Waals surface area (Å²) >= 11 is 0. The second-order valence-corrected chi connectivity index (χ2v) is 5.73. The van der Waals surface area contributed by atoms with Gasteiger partial charge < -0.3 is 10.6 Å². The van der Waals surface area contributed by atoms with Crippen LogP contribution in [0.2, 0.25) is 0 Å². The molecule has 3 rings (SSSR count). The van der Waals surface area contributed by atoms with E-state index in [2.05, 4.69) is 20.8 Å². The molecule has 6 nitrogen and oxygen atoms in total. The highest BCUT2D eigenvalue weighted by atomic mass is 16.2. The van der Waals surface area contributed by atoms with Gasteiger partial charge in [0.05, 0.1) is 5.69 Å². The van der Waals surface area contributed by atoms with Gasteiger partial charge in [-0.1, -0.05) is 12.1 Å². The van der Waals surface area contributed by atoms with Gasteiger partial charge in [0.15, 0.2) is 0 Å². The minimum Gasteiger partial charge on any atom is -0.326 e. The highest BCUT2D eigenvalue weighted by Crippen LogP contribution is 2.20. The quantitative estimate of drug-likeness (QED) is 0.681. The lowest BCUT2D eigenvalue weighted by Gasteiger charge is -2.07. The van der Waals surface area contributed by atoms with Crippen molar-refractivity contribution < 1.29 is 9.59 Å². The Labute approximate surface area is 145 Å². The summed E-state index contributed by atoms with van der Waals surface area (Å²) in [6, 6.07) is 16.2. The van der Waals surface area contributed by atoms with Gasteiger partial charge in [-0.15, -0.1) is 0 Å². The van der Waals surface area contributed by atoms with Crippen LogP contribution < -0.4 is 10.6 Å². The van der Waals surface area contributed by atoms with Crippen LogP contribution in [0.25, 0.3) is 11.3 Å². The number of nitrogens with one attached hydrogen (secondary N) is 3. The van der Waals surface area contributed by atoms with Gasteiger partial charge in [-0.2, -0.15) is 5.10 Å². The molecule has 126 valence electrons. The first-order valence-corrected chi connectivity index (χ1v) is 7.83. The standard InChI is InChI=1S/C19H18N4O2/c1-12-11-18(23-22-12)14-3-7-17(8-4-14)21-19(25)15-5-9-16(10-6-15)20-13(2)24/h3-11H,1-2H3,(H,20,24)(H,21,25)(H,22,23). The normalized spacial score (nSPS) is 10.3. The summed E-state index contributed by atoms with van der Waals surface area (Å²) < 4.78 is 0. The maximum absolute atomic E-state index is 12.3. The van der Waals surface area contributed by atoms with Crippen molar-refractivity contribution in [1.82, 2.24) is 10.2 Å². The number of aromatic amines is 1. The highest BCUT2D eigenvalue weighted by Gasteiger charge is 2.07. The molecule has 0 radical (unpaired) electrons. The summed E-state index contributed by atoms with van der Waals surface area (Å²) in [5.41, 5.74) is 4.71. The number of amides is 2. The van der Waals surface area contributed by atoms with Crippen LogP contribution in [0.4, 0.5) is 11.4 Å². The summed E-state index contributed by atoms with van der Waals surface area (Å²) in [7, 11) is 0. The van der Waals surface area contributed by atoms with E-state index in [1.54, 1.807) is 24.3 Å². The SMILES string of the molecule is CC(=O)Nc1ccc(C(=O)Nc2ccc(-c3cc(C)[nH]n3)cc2)cc1. The maximum atomic E-state index is 12.3. The number of rotatable bonds is 4. The van der Waals surface area contributed by atoms with Crippen molar-refractivity contribution in [2.24, 2.45) is 0 Å². The number of carbonyl (C=O) groups excluding carboxylic acids is 2. The topological polar surface area (TPSA) is 86.9 Å². The number of hydrogen-bond donors (Lipinski definition) is 3. The van der Waals surface area contributed by atoms with Crippen LogP contribution in [-0.2, 0) is 4.79 Å². The molecule has 6 heteroatoms. The van der Waals surface area contributed by atoms with Crippen molar-refractivity contribution in [2.75, 3.05) is 10.6 Å². The summed E-state index contributed by atoms with van der Waals surface area (Å²) in [5.74, 6) is -0.359. The van der Waals surface area contributed by atoms with Crippen LogP contribution in [0.15, 0.2) is 54.6 Å². The summed E-state index contributed by atoms with van der Waals surface area (Å²) in [5, 5.41) is 12.6. The smallest absolute Gasteiger partial charge is 0.255 e. The van der Waals surface area contributed by atoms with E-state index in [-0.39, 0.29) is 11.8 Å². The third-order valence-electron chi connectivity index (χ3n) is 3.61. The first-order chi connectivity index (χ1) is 12.0. The minimum absolute atomic E-state index is 0.149. The van der Waals surface area contributed by atoms with Gasteiger partial charge in [0.2, 0.25) is 5.91 Å². The largest absolute Gasteiger partial charge is 0.326 e. The Balaban J connectivity index is 1.67. The number of aryl methyl sites for hydroxylation is 1. The summed E-state index contributed by atoms with van der Waals surface area (Å²) in [4.78, 5) is 23.3. The fourth-order valence-corrected chi connectivity index (χ4v) is 2.40. The highest BCUT2D eigenvalue weighted by molar-refractivity contribution is 6.04. The Bertz CT molecular complexity index is 896. The van der Waals surface area contributed by atoms with Crippen LogP contribution in [0.3, 0.4) is 0 Å². The summed E-state index contributed by atoms with van der Waals surface area (Å²) in [6.07, 6.45) is 0. The number of carbonyl (C=O) groups is 2. The first kappa shape index (κ1) is 16.4. The molecule has 0 unspecified atom stereocenters. The van der Waals surface area contributed by atoms with Gasteiger partial charge in [0.25, 0.3) is 5.91 Å². The van der Waals surface area contributed by atoms with Crippen molar-refractivity contribution in [3.8, 4) is 11.3 Å². The third kappa shape index (κ3) is 4.11. The van der Waals surface area contributed by atoms with Crippen molar-refractivity contribution in [3.63, 3.8) is 0 Å². The van der Waals surface area contributed by atoms with Gasteiger partial charge in [-0.05, 0) is 49.4 Å². The Kier molecular flexibility index (Phi) is 4.61.